The van der Waals surface area contributed by atoms with Crippen LogP contribution < -0.4 is 0 Å². The number of hydrogen-bond donors (Lipinski definition) is 0. The highest BCUT2D eigenvalue weighted by atomic mass is 16.3. The summed E-state index contributed by atoms with van der Waals surface area (Å²) in [6.07, 6.45) is 0. The molecule has 0 N–H and O–H groups in total. The first-order chi connectivity index (χ1) is 8.81. The summed E-state index contributed by atoms with van der Waals surface area (Å²) in [7, 11) is 0. The molecular weight excluding hydrogens is 222 g/mol. The number of pyridine rings is 1. The summed E-state index contributed by atoms with van der Waals surface area (Å²) in [6.45, 7) is 2.09. The molecule has 4 aromatic rings. The molecule has 2 heterocycles. The van der Waals surface area contributed by atoms with Crippen LogP contribution in [0.2, 0.25) is 0 Å². The van der Waals surface area contributed by atoms with Crippen molar-refractivity contribution >= 4 is 33.0 Å². The summed E-state index contributed by atoms with van der Waals surface area (Å²) in [5, 5.41) is 3.38. The molecule has 0 amide bonds. The summed E-state index contributed by atoms with van der Waals surface area (Å²) in [5.74, 6) is 0. The molecule has 0 bridgehead atoms. The van der Waals surface area contributed by atoms with E-state index in [0.29, 0.717) is 5.71 Å². The predicted molar refractivity (Wildman–Crippen MR) is 73.8 cm³/mol. The van der Waals surface area contributed by atoms with Crippen molar-refractivity contribution in [1.29, 1.82) is 0 Å². The maximum absolute atomic E-state index is 5.78. The van der Waals surface area contributed by atoms with Gasteiger partial charge in [-0.05, 0) is 31.2 Å². The van der Waals surface area contributed by atoms with Crippen LogP contribution in [0.3, 0.4) is 0 Å². The SMILES string of the molecule is Cc1ccc2nc3oc4ccccc4c3cc2c1. The maximum Gasteiger partial charge on any atom is 0.227 e. The van der Waals surface area contributed by atoms with E-state index in [0.717, 1.165) is 27.3 Å². The van der Waals surface area contributed by atoms with Gasteiger partial charge in [-0.15, -0.1) is 0 Å². The number of furan rings is 1. The fourth-order valence-corrected chi connectivity index (χ4v) is 2.43. The van der Waals surface area contributed by atoms with Gasteiger partial charge in [0, 0.05) is 16.2 Å². The Bertz CT molecular complexity index is 889. The number of hydrogen-bond acceptors (Lipinski definition) is 2. The minimum Gasteiger partial charge on any atom is -0.438 e. The summed E-state index contributed by atoms with van der Waals surface area (Å²) in [4.78, 5) is 4.59. The molecule has 2 nitrogen and oxygen atoms in total. The van der Waals surface area contributed by atoms with Crippen molar-refractivity contribution < 1.29 is 4.42 Å². The first-order valence-corrected chi connectivity index (χ1v) is 6.00. The molecule has 18 heavy (non-hydrogen) atoms. The Balaban J connectivity index is 2.24. The first kappa shape index (κ1) is 9.66. The molecule has 2 aromatic carbocycles. The van der Waals surface area contributed by atoms with Crippen molar-refractivity contribution in [2.75, 3.05) is 0 Å². The summed E-state index contributed by atoms with van der Waals surface area (Å²) in [6, 6.07) is 16.5. The fourth-order valence-electron chi connectivity index (χ4n) is 2.43. The van der Waals surface area contributed by atoms with Crippen molar-refractivity contribution in [1.82, 2.24) is 4.98 Å². The lowest BCUT2D eigenvalue weighted by Gasteiger charge is -1.98. The molecule has 0 atom stereocenters. The van der Waals surface area contributed by atoms with Crippen LogP contribution in [0.5, 0.6) is 0 Å². The zero-order valence-corrected chi connectivity index (χ0v) is 9.97. The Morgan fingerprint density at radius 2 is 1.83 bits per heavy atom. The van der Waals surface area contributed by atoms with Crippen LogP contribution in [0.25, 0.3) is 33.0 Å². The number of para-hydroxylation sites is 1. The number of benzene rings is 2. The number of nitrogens with zero attached hydrogens (tertiary/aromatic N) is 1. The van der Waals surface area contributed by atoms with Crippen LogP contribution in [0, 0.1) is 6.92 Å². The molecule has 0 aliphatic rings. The predicted octanol–water partition coefficient (Wildman–Crippen LogP) is 4.44. The summed E-state index contributed by atoms with van der Waals surface area (Å²) < 4.78 is 5.78. The lowest BCUT2D eigenvalue weighted by molar-refractivity contribution is 0.656. The molecule has 4 rings (SSSR count). The van der Waals surface area contributed by atoms with E-state index in [-0.39, 0.29) is 0 Å². The van der Waals surface area contributed by atoms with Gasteiger partial charge in [0.05, 0.1) is 5.52 Å². The normalized spacial score (nSPS) is 11.6. The summed E-state index contributed by atoms with van der Waals surface area (Å²) >= 11 is 0. The van der Waals surface area contributed by atoms with E-state index in [1.807, 2.05) is 24.3 Å². The second-order valence-electron chi connectivity index (χ2n) is 4.64. The van der Waals surface area contributed by atoms with Gasteiger partial charge in [0.15, 0.2) is 0 Å². The minimum absolute atomic E-state index is 0.715. The average molecular weight is 233 g/mol. The minimum atomic E-state index is 0.715. The lowest BCUT2D eigenvalue weighted by Crippen LogP contribution is -1.80. The molecule has 0 aliphatic carbocycles. The molecule has 0 spiro atoms. The third kappa shape index (κ3) is 1.26. The molecule has 2 aromatic heterocycles. The third-order valence-corrected chi connectivity index (χ3v) is 3.32. The smallest absolute Gasteiger partial charge is 0.227 e. The molecule has 0 unspecified atom stereocenters. The largest absolute Gasteiger partial charge is 0.438 e. The molecule has 0 saturated heterocycles. The highest BCUT2D eigenvalue weighted by molar-refractivity contribution is 6.07. The molecule has 2 heteroatoms. The Morgan fingerprint density at radius 3 is 2.78 bits per heavy atom. The molecule has 0 aliphatic heterocycles. The standard InChI is InChI=1S/C16H11NO/c1-10-6-7-14-11(8-10)9-13-12-4-2-3-5-15(12)18-16(13)17-14/h2-9H,1H3. The Labute approximate surface area is 104 Å². The van der Waals surface area contributed by atoms with E-state index in [2.05, 4.69) is 36.2 Å². The van der Waals surface area contributed by atoms with Crippen LogP contribution in [-0.2, 0) is 0 Å². The van der Waals surface area contributed by atoms with E-state index < -0.39 is 0 Å². The third-order valence-electron chi connectivity index (χ3n) is 3.32. The number of fused-ring (bicyclic) bond motifs is 4. The second-order valence-corrected chi connectivity index (χ2v) is 4.64. The van der Waals surface area contributed by atoms with Crippen molar-refractivity contribution in [3.8, 4) is 0 Å². The van der Waals surface area contributed by atoms with Crippen molar-refractivity contribution in [3.63, 3.8) is 0 Å². The highest BCUT2D eigenvalue weighted by Gasteiger charge is 2.08. The van der Waals surface area contributed by atoms with Gasteiger partial charge in [0.25, 0.3) is 0 Å². The second kappa shape index (κ2) is 3.33. The monoisotopic (exact) mass is 233 g/mol. The Kier molecular flexibility index (Phi) is 1.78. The van der Waals surface area contributed by atoms with Gasteiger partial charge < -0.3 is 4.42 Å². The zero-order valence-electron chi connectivity index (χ0n) is 9.97. The van der Waals surface area contributed by atoms with Crippen LogP contribution in [0.15, 0.2) is 52.9 Å². The maximum atomic E-state index is 5.78. The van der Waals surface area contributed by atoms with Gasteiger partial charge in [-0.1, -0.05) is 29.8 Å². The average Bonchev–Trinajstić information content (AvgIpc) is 2.74. The lowest BCUT2D eigenvalue weighted by atomic mass is 10.1. The van der Waals surface area contributed by atoms with E-state index in [1.165, 1.54) is 5.56 Å². The van der Waals surface area contributed by atoms with Crippen molar-refractivity contribution in [3.05, 3.63) is 54.1 Å². The van der Waals surface area contributed by atoms with E-state index >= 15 is 0 Å². The highest BCUT2D eigenvalue weighted by Crippen LogP contribution is 2.29. The van der Waals surface area contributed by atoms with Gasteiger partial charge in [0.1, 0.15) is 5.58 Å². The first-order valence-electron chi connectivity index (χ1n) is 6.00. The fraction of sp³-hybridized carbons (Fsp3) is 0.0625. The van der Waals surface area contributed by atoms with Crippen LogP contribution in [0.1, 0.15) is 5.56 Å². The molecular formula is C16H11NO. The zero-order chi connectivity index (χ0) is 12.1. The molecule has 86 valence electrons. The Hall–Kier alpha value is -2.35. The van der Waals surface area contributed by atoms with E-state index in [9.17, 15) is 0 Å². The van der Waals surface area contributed by atoms with Crippen molar-refractivity contribution in [2.24, 2.45) is 0 Å². The molecule has 0 radical (unpaired) electrons. The van der Waals surface area contributed by atoms with Crippen LogP contribution in [-0.4, -0.2) is 4.98 Å². The topological polar surface area (TPSA) is 26.0 Å². The Morgan fingerprint density at radius 1 is 0.944 bits per heavy atom. The quantitative estimate of drug-likeness (QED) is 0.448. The van der Waals surface area contributed by atoms with Gasteiger partial charge in [-0.3, -0.25) is 0 Å². The molecule has 0 fully saturated rings. The van der Waals surface area contributed by atoms with E-state index in [4.69, 9.17) is 4.42 Å². The van der Waals surface area contributed by atoms with Crippen molar-refractivity contribution in [2.45, 2.75) is 6.92 Å². The van der Waals surface area contributed by atoms with Gasteiger partial charge in [-0.25, -0.2) is 4.98 Å². The summed E-state index contributed by atoms with van der Waals surface area (Å²) in [5.41, 5.74) is 3.84. The van der Waals surface area contributed by atoms with Gasteiger partial charge in [0.2, 0.25) is 5.71 Å². The number of rotatable bonds is 0. The van der Waals surface area contributed by atoms with E-state index in [1.54, 1.807) is 0 Å². The van der Waals surface area contributed by atoms with Crippen LogP contribution >= 0.6 is 0 Å². The number of aromatic nitrogens is 1. The van der Waals surface area contributed by atoms with Gasteiger partial charge in [-0.2, -0.15) is 0 Å². The number of aryl methyl sites for hydroxylation is 1. The van der Waals surface area contributed by atoms with Crippen LogP contribution in [0.4, 0.5) is 0 Å². The van der Waals surface area contributed by atoms with Gasteiger partial charge >= 0.3 is 0 Å². The molecule has 0 saturated carbocycles.